The summed E-state index contributed by atoms with van der Waals surface area (Å²) in [6, 6.07) is 1.94. The molecule has 2 heterocycles. The largest absolute Gasteiger partial charge is 0.444 e. The number of anilines is 1. The van der Waals surface area contributed by atoms with Gasteiger partial charge in [-0.3, -0.25) is 0 Å². The Labute approximate surface area is 235 Å². The lowest BCUT2D eigenvalue weighted by Crippen LogP contribution is -2.43. The number of aromatic nitrogens is 3. The summed E-state index contributed by atoms with van der Waals surface area (Å²) in [5.41, 5.74) is 6.38. The van der Waals surface area contributed by atoms with Gasteiger partial charge < -0.3 is 15.4 Å². The standard InChI is InChI=1S/C29H47N5O2SSi/c1-18(2)24(17-31-28(35)36-29(9,10)11)32-25-15-22(23-16-30-27(37-12)34-26(23)33-25)13-14-38(19(3)4,20(5)6)21(7)8/h15-16,18-21,24H,17H2,1-12H3,(H,31,35)(H,30,32,33,34). The molecule has 2 aromatic rings. The van der Waals surface area contributed by atoms with E-state index >= 15 is 0 Å². The van der Waals surface area contributed by atoms with Gasteiger partial charge in [-0.05, 0) is 55.6 Å². The minimum absolute atomic E-state index is 0.0643. The molecule has 0 aliphatic heterocycles. The maximum absolute atomic E-state index is 12.3. The summed E-state index contributed by atoms with van der Waals surface area (Å²) in [5.74, 6) is 4.50. The number of pyridine rings is 1. The SMILES string of the molecule is CSc1ncc2c(C#C[Si](C(C)C)(C(C)C)C(C)C)cc(NC(CNC(=O)OC(C)(C)C)C(C)C)nc2n1. The van der Waals surface area contributed by atoms with Gasteiger partial charge in [-0.2, -0.15) is 0 Å². The van der Waals surface area contributed by atoms with Gasteiger partial charge in [0.05, 0.1) is 5.39 Å². The molecule has 0 aromatic carbocycles. The molecule has 1 atom stereocenters. The quantitative estimate of drug-likeness (QED) is 0.145. The van der Waals surface area contributed by atoms with Gasteiger partial charge >= 0.3 is 6.09 Å². The van der Waals surface area contributed by atoms with E-state index in [2.05, 4.69) is 87.5 Å². The second kappa shape index (κ2) is 13.2. The van der Waals surface area contributed by atoms with Crippen molar-refractivity contribution in [2.45, 2.75) is 110 Å². The number of carbonyl (C=O) groups is 1. The maximum Gasteiger partial charge on any atom is 0.407 e. The number of nitrogens with zero attached hydrogens (tertiary/aromatic N) is 3. The van der Waals surface area contributed by atoms with Crippen molar-refractivity contribution in [1.82, 2.24) is 20.3 Å². The summed E-state index contributed by atoms with van der Waals surface area (Å²) in [7, 11) is -1.94. The Balaban J connectivity index is 2.54. The van der Waals surface area contributed by atoms with Gasteiger partial charge in [0.1, 0.15) is 19.5 Å². The molecule has 7 nitrogen and oxygen atoms in total. The number of nitrogens with one attached hydrogen (secondary N) is 2. The summed E-state index contributed by atoms with van der Waals surface area (Å²) in [4.78, 5) is 26.3. The summed E-state index contributed by atoms with van der Waals surface area (Å²) >= 11 is 1.49. The molecule has 9 heteroatoms. The summed E-state index contributed by atoms with van der Waals surface area (Å²) < 4.78 is 5.41. The molecule has 0 saturated heterocycles. The number of fused-ring (bicyclic) bond motifs is 1. The highest BCUT2D eigenvalue weighted by Gasteiger charge is 2.41. The Hall–Kier alpha value is -2.31. The lowest BCUT2D eigenvalue weighted by Gasteiger charge is -2.38. The van der Waals surface area contributed by atoms with Crippen molar-refractivity contribution < 1.29 is 9.53 Å². The van der Waals surface area contributed by atoms with Crippen molar-refractivity contribution in [2.24, 2.45) is 5.92 Å². The molecule has 0 spiro atoms. The van der Waals surface area contributed by atoms with E-state index in [1.165, 1.54) is 11.8 Å². The fraction of sp³-hybridized carbons (Fsp3) is 0.655. The van der Waals surface area contributed by atoms with E-state index in [4.69, 9.17) is 9.72 Å². The van der Waals surface area contributed by atoms with Crippen LogP contribution in [0.15, 0.2) is 17.4 Å². The zero-order valence-electron chi connectivity index (χ0n) is 25.3. The van der Waals surface area contributed by atoms with E-state index in [9.17, 15) is 4.79 Å². The highest BCUT2D eigenvalue weighted by molar-refractivity contribution is 7.98. The molecule has 1 unspecified atom stereocenters. The number of amides is 1. The Morgan fingerprint density at radius 2 is 1.66 bits per heavy atom. The van der Waals surface area contributed by atoms with E-state index < -0.39 is 19.8 Å². The van der Waals surface area contributed by atoms with Gasteiger partial charge in [0.25, 0.3) is 0 Å². The van der Waals surface area contributed by atoms with Crippen molar-refractivity contribution in [3.8, 4) is 11.5 Å². The third-order valence-corrected chi connectivity index (χ3v) is 13.9. The molecule has 0 radical (unpaired) electrons. The number of rotatable bonds is 9. The number of hydrogen-bond donors (Lipinski definition) is 2. The molecule has 2 aromatic heterocycles. The van der Waals surface area contributed by atoms with Gasteiger partial charge in [-0.15, -0.1) is 5.54 Å². The minimum atomic E-state index is -1.94. The number of thioether (sulfide) groups is 1. The zero-order chi connectivity index (χ0) is 28.8. The van der Waals surface area contributed by atoms with E-state index in [-0.39, 0.29) is 12.0 Å². The fourth-order valence-corrected chi connectivity index (χ4v) is 10.6. The van der Waals surface area contributed by atoms with Crippen molar-refractivity contribution in [1.29, 1.82) is 0 Å². The Bertz CT molecular complexity index is 1140. The van der Waals surface area contributed by atoms with Crippen LogP contribution in [-0.2, 0) is 4.74 Å². The van der Waals surface area contributed by atoms with Gasteiger partial charge in [-0.25, -0.2) is 19.7 Å². The predicted molar refractivity (Wildman–Crippen MR) is 164 cm³/mol. The molecule has 2 N–H and O–H groups in total. The second-order valence-corrected chi connectivity index (χ2v) is 18.5. The summed E-state index contributed by atoms with van der Waals surface area (Å²) in [6.45, 7) is 24.1. The van der Waals surface area contributed by atoms with Crippen LogP contribution < -0.4 is 10.6 Å². The summed E-state index contributed by atoms with van der Waals surface area (Å²) in [6.07, 6.45) is 3.36. The number of ether oxygens (including phenoxy) is 1. The minimum Gasteiger partial charge on any atom is -0.444 e. The van der Waals surface area contributed by atoms with Gasteiger partial charge in [0.15, 0.2) is 10.8 Å². The molecule has 210 valence electrons. The van der Waals surface area contributed by atoms with Crippen LogP contribution in [0.25, 0.3) is 11.0 Å². The molecule has 0 fully saturated rings. The molecule has 0 bridgehead atoms. The lowest BCUT2D eigenvalue weighted by molar-refractivity contribution is 0.0523. The van der Waals surface area contributed by atoms with Crippen LogP contribution in [-0.4, -0.2) is 53.6 Å². The third-order valence-electron chi connectivity index (χ3n) is 7.01. The number of carbonyl (C=O) groups excluding carboxylic acids is 1. The molecule has 38 heavy (non-hydrogen) atoms. The highest BCUT2D eigenvalue weighted by atomic mass is 32.2. The number of alkyl carbamates (subject to hydrolysis) is 1. The van der Waals surface area contributed by atoms with E-state index in [0.717, 1.165) is 10.9 Å². The number of hydrogen-bond acceptors (Lipinski definition) is 7. The van der Waals surface area contributed by atoms with Gasteiger partial charge in [0.2, 0.25) is 0 Å². The van der Waals surface area contributed by atoms with Crippen LogP contribution in [0.5, 0.6) is 0 Å². The predicted octanol–water partition coefficient (Wildman–Crippen LogP) is 7.28. The maximum atomic E-state index is 12.3. The Morgan fingerprint density at radius 1 is 1.05 bits per heavy atom. The van der Waals surface area contributed by atoms with Crippen LogP contribution in [0.4, 0.5) is 10.6 Å². The smallest absolute Gasteiger partial charge is 0.407 e. The average molecular weight is 558 g/mol. The fourth-order valence-electron chi connectivity index (χ4n) is 5.03. The summed E-state index contributed by atoms with van der Waals surface area (Å²) in [5, 5.41) is 7.94. The molecule has 0 aliphatic carbocycles. The molecule has 0 saturated carbocycles. The Morgan fingerprint density at radius 3 is 2.16 bits per heavy atom. The lowest BCUT2D eigenvalue weighted by atomic mass is 10.0. The van der Waals surface area contributed by atoms with Crippen LogP contribution in [0.3, 0.4) is 0 Å². The van der Waals surface area contributed by atoms with Gasteiger partial charge in [-0.1, -0.05) is 73.1 Å². The monoisotopic (exact) mass is 557 g/mol. The van der Waals surface area contributed by atoms with Crippen molar-refractivity contribution in [3.63, 3.8) is 0 Å². The molecular formula is C29H47N5O2SSi. The van der Waals surface area contributed by atoms with Crippen LogP contribution in [0, 0.1) is 17.4 Å². The third kappa shape index (κ3) is 8.09. The average Bonchev–Trinajstić information content (AvgIpc) is 2.79. The normalized spacial score (nSPS) is 13.2. The second-order valence-electron chi connectivity index (χ2n) is 12.2. The topological polar surface area (TPSA) is 89.0 Å². The van der Waals surface area contributed by atoms with Crippen molar-refractivity contribution >= 4 is 42.8 Å². The molecule has 2 rings (SSSR count). The first kappa shape index (κ1) is 31.9. The Kier molecular flexibility index (Phi) is 11.0. The highest BCUT2D eigenvalue weighted by Crippen LogP contribution is 2.41. The molecule has 1 amide bonds. The molecular weight excluding hydrogens is 511 g/mol. The molecule has 0 aliphatic rings. The van der Waals surface area contributed by atoms with E-state index in [1.807, 2.05) is 39.3 Å². The van der Waals surface area contributed by atoms with E-state index in [0.29, 0.717) is 39.8 Å². The van der Waals surface area contributed by atoms with Crippen LogP contribution in [0.2, 0.25) is 16.6 Å². The van der Waals surface area contributed by atoms with Crippen molar-refractivity contribution in [3.05, 3.63) is 17.8 Å². The van der Waals surface area contributed by atoms with Crippen LogP contribution >= 0.6 is 11.8 Å². The first-order chi connectivity index (χ1) is 17.6. The van der Waals surface area contributed by atoms with Gasteiger partial charge in [0, 0.05) is 24.3 Å². The first-order valence-corrected chi connectivity index (χ1v) is 17.0. The first-order valence-electron chi connectivity index (χ1n) is 13.6. The zero-order valence-corrected chi connectivity index (χ0v) is 27.1. The van der Waals surface area contributed by atoms with E-state index in [1.54, 1.807) is 0 Å². The van der Waals surface area contributed by atoms with Crippen molar-refractivity contribution in [2.75, 3.05) is 18.1 Å². The van der Waals surface area contributed by atoms with Crippen LogP contribution in [0.1, 0.15) is 81.7 Å².